The molecule has 104 valence electrons. The van der Waals surface area contributed by atoms with Gasteiger partial charge in [0.2, 0.25) is 5.91 Å². The fourth-order valence-corrected chi connectivity index (χ4v) is 1.99. The summed E-state index contributed by atoms with van der Waals surface area (Å²) in [6, 6.07) is 4.15. The molecule has 0 bridgehead atoms. The van der Waals surface area contributed by atoms with E-state index in [9.17, 15) is 26.7 Å². The van der Waals surface area contributed by atoms with Crippen LogP contribution < -0.4 is 5.32 Å². The maximum Gasteiger partial charge on any atom is 0.458 e. The quantitative estimate of drug-likeness (QED) is 0.829. The molecular formula is C12H10F5NO. The molecule has 0 aromatic heterocycles. The van der Waals surface area contributed by atoms with Gasteiger partial charge in [-0.2, -0.15) is 22.0 Å². The molecule has 1 atom stereocenters. The van der Waals surface area contributed by atoms with Gasteiger partial charge in [-0.05, 0) is 11.6 Å². The van der Waals surface area contributed by atoms with Crippen molar-refractivity contribution in [1.82, 2.24) is 5.32 Å². The van der Waals surface area contributed by atoms with E-state index in [1.807, 2.05) is 0 Å². The van der Waals surface area contributed by atoms with Crippen LogP contribution in [0.1, 0.15) is 23.5 Å². The maximum absolute atomic E-state index is 13.2. The topological polar surface area (TPSA) is 29.1 Å². The van der Waals surface area contributed by atoms with Crippen molar-refractivity contribution >= 4 is 5.91 Å². The number of amides is 1. The Morgan fingerprint density at radius 3 is 2.37 bits per heavy atom. The second-order valence-electron chi connectivity index (χ2n) is 4.40. The summed E-state index contributed by atoms with van der Waals surface area (Å²) in [7, 11) is 0. The lowest BCUT2D eigenvalue weighted by Crippen LogP contribution is -2.33. The van der Waals surface area contributed by atoms with E-state index in [4.69, 9.17) is 0 Å². The number of alkyl halides is 5. The molecule has 1 unspecified atom stereocenters. The molecular weight excluding hydrogens is 269 g/mol. The predicted octanol–water partition coefficient (Wildman–Crippen LogP) is 2.94. The number of carbonyl (C=O) groups excluding carboxylic acids is 1. The molecule has 1 aliphatic heterocycles. The highest BCUT2D eigenvalue weighted by Gasteiger charge is 2.58. The van der Waals surface area contributed by atoms with Crippen molar-refractivity contribution in [2.24, 2.45) is 0 Å². The van der Waals surface area contributed by atoms with Crippen molar-refractivity contribution in [3.05, 3.63) is 35.4 Å². The van der Waals surface area contributed by atoms with Crippen molar-refractivity contribution < 1.29 is 26.7 Å². The van der Waals surface area contributed by atoms with Crippen molar-refractivity contribution in [3.8, 4) is 0 Å². The molecule has 1 saturated heterocycles. The van der Waals surface area contributed by atoms with Gasteiger partial charge >= 0.3 is 12.1 Å². The average Bonchev–Trinajstić information content (AvgIpc) is 2.75. The number of hydrogen-bond donors (Lipinski definition) is 1. The fourth-order valence-electron chi connectivity index (χ4n) is 1.99. The maximum atomic E-state index is 13.2. The minimum atomic E-state index is -5.63. The zero-order valence-electron chi connectivity index (χ0n) is 9.60. The molecule has 0 aliphatic carbocycles. The van der Waals surface area contributed by atoms with E-state index in [1.165, 1.54) is 6.07 Å². The van der Waals surface area contributed by atoms with Crippen molar-refractivity contribution in [2.45, 2.75) is 24.4 Å². The first kappa shape index (κ1) is 13.8. The summed E-state index contributed by atoms with van der Waals surface area (Å²) in [5, 5.41) is 2.51. The summed E-state index contributed by atoms with van der Waals surface area (Å²) in [5.74, 6) is -5.49. The Kier molecular flexibility index (Phi) is 3.24. The van der Waals surface area contributed by atoms with Gasteiger partial charge in [0, 0.05) is 24.4 Å². The van der Waals surface area contributed by atoms with Gasteiger partial charge in [-0.3, -0.25) is 4.79 Å². The summed E-state index contributed by atoms with van der Waals surface area (Å²) in [6.45, 7) is 0.250. The van der Waals surface area contributed by atoms with Gasteiger partial charge in [-0.15, -0.1) is 0 Å². The van der Waals surface area contributed by atoms with E-state index in [0.29, 0.717) is 5.56 Å². The van der Waals surface area contributed by atoms with Crippen LogP contribution in [0.2, 0.25) is 0 Å². The predicted molar refractivity (Wildman–Crippen MR) is 56.8 cm³/mol. The van der Waals surface area contributed by atoms with Gasteiger partial charge in [-0.25, -0.2) is 0 Å². The van der Waals surface area contributed by atoms with Crippen LogP contribution in [-0.2, 0) is 10.7 Å². The molecule has 1 aromatic carbocycles. The number of halogens is 5. The summed E-state index contributed by atoms with van der Waals surface area (Å²) < 4.78 is 63.2. The Labute approximate surface area is 105 Å². The van der Waals surface area contributed by atoms with E-state index >= 15 is 0 Å². The lowest BCUT2D eigenvalue weighted by Gasteiger charge is -2.21. The van der Waals surface area contributed by atoms with E-state index in [0.717, 1.165) is 18.2 Å². The highest BCUT2D eigenvalue weighted by molar-refractivity contribution is 5.79. The van der Waals surface area contributed by atoms with Crippen LogP contribution in [0.5, 0.6) is 0 Å². The molecule has 1 amide bonds. The molecule has 19 heavy (non-hydrogen) atoms. The third-order valence-corrected chi connectivity index (χ3v) is 3.05. The second-order valence-corrected chi connectivity index (χ2v) is 4.40. The van der Waals surface area contributed by atoms with Crippen LogP contribution in [0.15, 0.2) is 24.3 Å². The number of rotatable bonds is 2. The van der Waals surface area contributed by atoms with Gasteiger partial charge < -0.3 is 5.32 Å². The van der Waals surface area contributed by atoms with Crippen LogP contribution in [-0.4, -0.2) is 18.6 Å². The second kappa shape index (κ2) is 4.47. The Bertz CT molecular complexity index is 497. The smallest absolute Gasteiger partial charge is 0.355 e. The summed E-state index contributed by atoms with van der Waals surface area (Å²) in [4.78, 5) is 11.0. The molecule has 2 nitrogen and oxygen atoms in total. The monoisotopic (exact) mass is 279 g/mol. The Morgan fingerprint density at radius 2 is 1.84 bits per heavy atom. The Hall–Kier alpha value is -1.66. The first-order valence-corrected chi connectivity index (χ1v) is 5.53. The normalized spacial score (nSPS) is 20.5. The van der Waals surface area contributed by atoms with Crippen molar-refractivity contribution in [2.75, 3.05) is 6.54 Å². The van der Waals surface area contributed by atoms with Gasteiger partial charge in [0.1, 0.15) is 0 Å². The lowest BCUT2D eigenvalue weighted by molar-refractivity contribution is -0.289. The number of carbonyl (C=O) groups is 1. The largest absolute Gasteiger partial charge is 0.458 e. The summed E-state index contributed by atoms with van der Waals surface area (Å²) >= 11 is 0. The van der Waals surface area contributed by atoms with Gasteiger partial charge in [-0.1, -0.05) is 18.2 Å². The molecule has 0 spiro atoms. The Balaban J connectivity index is 2.32. The standard InChI is InChI=1S/C12H10F5NO/c13-11(14,12(15,16)17)9-3-1-2-7(4-9)8-5-10(19)18-6-8/h1-4,8H,5-6H2,(H,18,19). The summed E-state index contributed by atoms with van der Waals surface area (Å²) in [6.07, 6.45) is -5.53. The minimum Gasteiger partial charge on any atom is -0.355 e. The molecule has 1 fully saturated rings. The van der Waals surface area contributed by atoms with E-state index in [-0.39, 0.29) is 24.8 Å². The van der Waals surface area contributed by atoms with Crippen LogP contribution in [0.3, 0.4) is 0 Å². The summed E-state index contributed by atoms with van der Waals surface area (Å²) in [5.41, 5.74) is -0.795. The number of benzene rings is 1. The van der Waals surface area contributed by atoms with Gasteiger partial charge in [0.15, 0.2) is 0 Å². The van der Waals surface area contributed by atoms with Crippen molar-refractivity contribution in [1.29, 1.82) is 0 Å². The number of hydrogen-bond acceptors (Lipinski definition) is 1. The lowest BCUT2D eigenvalue weighted by atomic mass is 9.95. The first-order chi connectivity index (χ1) is 8.72. The van der Waals surface area contributed by atoms with Gasteiger partial charge in [0.25, 0.3) is 0 Å². The molecule has 1 N–H and O–H groups in total. The van der Waals surface area contributed by atoms with E-state index in [2.05, 4.69) is 5.32 Å². The molecule has 1 heterocycles. The first-order valence-electron chi connectivity index (χ1n) is 5.53. The average molecular weight is 279 g/mol. The van der Waals surface area contributed by atoms with E-state index < -0.39 is 17.7 Å². The third kappa shape index (κ3) is 2.54. The molecule has 2 rings (SSSR count). The molecule has 0 radical (unpaired) electrons. The zero-order chi connectivity index (χ0) is 14.3. The minimum absolute atomic E-state index is 0.0983. The van der Waals surface area contributed by atoms with Crippen LogP contribution >= 0.6 is 0 Å². The van der Waals surface area contributed by atoms with Crippen LogP contribution in [0.4, 0.5) is 22.0 Å². The Morgan fingerprint density at radius 1 is 1.16 bits per heavy atom. The molecule has 7 heteroatoms. The van der Waals surface area contributed by atoms with Crippen molar-refractivity contribution in [3.63, 3.8) is 0 Å². The zero-order valence-corrected chi connectivity index (χ0v) is 9.60. The van der Waals surface area contributed by atoms with E-state index in [1.54, 1.807) is 0 Å². The molecule has 1 aliphatic rings. The fraction of sp³-hybridized carbons (Fsp3) is 0.417. The highest BCUT2D eigenvalue weighted by Crippen LogP contribution is 2.44. The number of nitrogens with one attached hydrogen (secondary N) is 1. The SMILES string of the molecule is O=C1CC(c2cccc(C(F)(F)C(F)(F)F)c2)CN1. The van der Waals surface area contributed by atoms with Crippen LogP contribution in [0.25, 0.3) is 0 Å². The molecule has 0 saturated carbocycles. The van der Waals surface area contributed by atoms with Gasteiger partial charge in [0.05, 0.1) is 0 Å². The highest BCUT2D eigenvalue weighted by atomic mass is 19.4. The third-order valence-electron chi connectivity index (χ3n) is 3.05. The van der Waals surface area contributed by atoms with Crippen LogP contribution in [0, 0.1) is 0 Å². The molecule has 1 aromatic rings.